The molecule has 2 aromatic carbocycles. The molecular formula is C30H25NO6. The van der Waals surface area contributed by atoms with E-state index in [2.05, 4.69) is 0 Å². The van der Waals surface area contributed by atoms with Gasteiger partial charge >= 0.3 is 0 Å². The van der Waals surface area contributed by atoms with Crippen LogP contribution >= 0.6 is 0 Å². The smallest absolute Gasteiger partial charge is 0.238 e. The highest BCUT2D eigenvalue weighted by Gasteiger charge is 2.56. The van der Waals surface area contributed by atoms with Crippen molar-refractivity contribution in [3.05, 3.63) is 88.5 Å². The molecule has 2 aromatic rings. The molecule has 7 heteroatoms. The van der Waals surface area contributed by atoms with Gasteiger partial charge in [-0.2, -0.15) is 0 Å². The van der Waals surface area contributed by atoms with Crippen LogP contribution < -0.4 is 9.64 Å². The Bertz CT molecular complexity index is 1480. The van der Waals surface area contributed by atoms with E-state index in [1.54, 1.807) is 49.4 Å². The summed E-state index contributed by atoms with van der Waals surface area (Å²) in [6.45, 7) is 1.61. The second-order valence-electron chi connectivity index (χ2n) is 9.97. The van der Waals surface area contributed by atoms with E-state index in [-0.39, 0.29) is 41.3 Å². The lowest BCUT2D eigenvalue weighted by Crippen LogP contribution is -2.39. The summed E-state index contributed by atoms with van der Waals surface area (Å²) < 4.78 is 5.32. The molecule has 3 aliphatic carbocycles. The van der Waals surface area contributed by atoms with Crippen LogP contribution in [0.25, 0.3) is 0 Å². The third-order valence-electron chi connectivity index (χ3n) is 8.14. The Labute approximate surface area is 213 Å². The average Bonchev–Trinajstić information content (AvgIpc) is 3.16. The number of ketones is 2. The minimum Gasteiger partial charge on any atom is -0.504 e. The van der Waals surface area contributed by atoms with Gasteiger partial charge in [0.2, 0.25) is 11.8 Å². The largest absolute Gasteiger partial charge is 0.504 e. The summed E-state index contributed by atoms with van der Waals surface area (Å²) in [6.07, 6.45) is 3.81. The lowest BCUT2D eigenvalue weighted by molar-refractivity contribution is -0.123. The third-order valence-corrected chi connectivity index (χ3v) is 8.14. The van der Waals surface area contributed by atoms with Gasteiger partial charge in [-0.15, -0.1) is 0 Å². The molecule has 186 valence electrons. The molecule has 0 radical (unpaired) electrons. The topological polar surface area (TPSA) is 101 Å². The summed E-state index contributed by atoms with van der Waals surface area (Å²) >= 11 is 0. The van der Waals surface area contributed by atoms with Crippen LogP contribution in [0.1, 0.15) is 31.2 Å². The fraction of sp³-hybridized carbons (Fsp3) is 0.267. The number of imide groups is 1. The number of rotatable bonds is 3. The molecule has 6 rings (SSSR count). The highest BCUT2D eigenvalue weighted by Crippen LogP contribution is 2.56. The molecule has 0 aromatic heterocycles. The minimum absolute atomic E-state index is 0.114. The van der Waals surface area contributed by atoms with E-state index in [0.717, 1.165) is 5.57 Å². The fourth-order valence-corrected chi connectivity index (χ4v) is 6.51. The number of carbonyl (C=O) groups is 4. The van der Waals surface area contributed by atoms with Crippen molar-refractivity contribution < 1.29 is 29.0 Å². The zero-order chi connectivity index (χ0) is 26.0. The van der Waals surface area contributed by atoms with E-state index in [1.807, 2.05) is 12.1 Å². The predicted molar refractivity (Wildman–Crippen MR) is 135 cm³/mol. The van der Waals surface area contributed by atoms with Crippen molar-refractivity contribution in [3.63, 3.8) is 0 Å². The van der Waals surface area contributed by atoms with Gasteiger partial charge in [-0.1, -0.05) is 42.0 Å². The average molecular weight is 496 g/mol. The molecule has 7 nitrogen and oxygen atoms in total. The summed E-state index contributed by atoms with van der Waals surface area (Å²) in [7, 11) is 1.44. The van der Waals surface area contributed by atoms with Crippen LogP contribution in [0.2, 0.25) is 0 Å². The zero-order valence-electron chi connectivity index (χ0n) is 20.4. The Balaban J connectivity index is 1.52. The summed E-state index contributed by atoms with van der Waals surface area (Å²) in [5.41, 5.74) is 2.78. The lowest BCUT2D eigenvalue weighted by atomic mass is 9.59. The van der Waals surface area contributed by atoms with Crippen molar-refractivity contribution in [3.8, 4) is 11.5 Å². The summed E-state index contributed by atoms with van der Waals surface area (Å²) in [5, 5.41) is 11.1. The normalized spacial score (nSPS) is 26.9. The van der Waals surface area contributed by atoms with Gasteiger partial charge in [-0.3, -0.25) is 24.1 Å². The summed E-state index contributed by atoms with van der Waals surface area (Å²) in [6, 6.07) is 13.9. The van der Waals surface area contributed by atoms with Gasteiger partial charge in [0.15, 0.2) is 23.1 Å². The number of aromatic hydroxyl groups is 1. The molecule has 0 spiro atoms. The number of para-hydroxylation sites is 2. The maximum atomic E-state index is 13.8. The van der Waals surface area contributed by atoms with Gasteiger partial charge in [-0.05, 0) is 50.0 Å². The predicted octanol–water partition coefficient (Wildman–Crippen LogP) is 4.03. The standard InChI is InChI=1S/C30H25NO6/c1-15-13-22(32)26-21(27(15)33)14-20-17(24(26)18-9-6-10-23(37-2)28(18)34)11-12-19-25(20)30(36)31(29(19)35)16-7-4-3-5-8-16/h3-11,13,19-20,24-25,34H,12,14H2,1-2H3/t19-,20+,24+,25-/m0/s1. The molecule has 2 amide bonds. The van der Waals surface area contributed by atoms with Gasteiger partial charge in [0.05, 0.1) is 24.6 Å². The number of amides is 2. The first-order valence-corrected chi connectivity index (χ1v) is 12.3. The third kappa shape index (κ3) is 3.26. The van der Waals surface area contributed by atoms with Crippen LogP contribution in [0.4, 0.5) is 5.69 Å². The number of phenolic OH excluding ortho intramolecular Hbond substituents is 1. The summed E-state index contributed by atoms with van der Waals surface area (Å²) in [4.78, 5) is 55.2. The van der Waals surface area contributed by atoms with Crippen LogP contribution in [0.5, 0.6) is 11.5 Å². The van der Waals surface area contributed by atoms with Crippen LogP contribution in [-0.4, -0.2) is 35.6 Å². The number of fused-ring (bicyclic) bond motifs is 3. The molecule has 0 saturated carbocycles. The first-order chi connectivity index (χ1) is 17.8. The van der Waals surface area contributed by atoms with Crippen molar-refractivity contribution in [1.82, 2.24) is 0 Å². The maximum absolute atomic E-state index is 13.8. The fourth-order valence-electron chi connectivity index (χ4n) is 6.51. The minimum atomic E-state index is -0.723. The Hall–Kier alpha value is -4.26. The van der Waals surface area contributed by atoms with Crippen molar-refractivity contribution in [2.24, 2.45) is 17.8 Å². The van der Waals surface area contributed by atoms with Gasteiger partial charge in [-0.25, -0.2) is 0 Å². The van der Waals surface area contributed by atoms with E-state index >= 15 is 0 Å². The van der Waals surface area contributed by atoms with Gasteiger partial charge in [0, 0.05) is 28.2 Å². The van der Waals surface area contributed by atoms with Gasteiger partial charge < -0.3 is 9.84 Å². The number of carbonyl (C=O) groups excluding carboxylic acids is 4. The second-order valence-corrected chi connectivity index (χ2v) is 9.97. The number of anilines is 1. The van der Waals surface area contributed by atoms with Crippen molar-refractivity contribution in [2.45, 2.75) is 25.7 Å². The molecule has 1 N–H and O–H groups in total. The molecule has 1 heterocycles. The summed E-state index contributed by atoms with van der Waals surface area (Å²) in [5.74, 6) is -3.31. The zero-order valence-corrected chi connectivity index (χ0v) is 20.4. The number of nitrogens with zero attached hydrogens (tertiary/aromatic N) is 1. The van der Waals surface area contributed by atoms with Crippen LogP contribution in [0.15, 0.2) is 83.0 Å². The number of benzene rings is 2. The van der Waals surface area contributed by atoms with E-state index in [9.17, 15) is 24.3 Å². The number of phenols is 1. The first kappa shape index (κ1) is 23.2. The molecule has 4 aliphatic rings. The first-order valence-electron chi connectivity index (χ1n) is 12.3. The lowest BCUT2D eigenvalue weighted by Gasteiger charge is -2.42. The number of ether oxygens (including phenoxy) is 1. The van der Waals surface area contributed by atoms with Crippen molar-refractivity contribution >= 4 is 29.1 Å². The second kappa shape index (κ2) is 8.40. The van der Waals surface area contributed by atoms with E-state index < -0.39 is 23.7 Å². The molecule has 1 aliphatic heterocycles. The Kier molecular flexibility index (Phi) is 5.26. The number of Topliss-reactive ketones (excluding diaryl/α,β-unsaturated/α-hetero) is 1. The van der Waals surface area contributed by atoms with Gasteiger partial charge in [0.25, 0.3) is 0 Å². The van der Waals surface area contributed by atoms with E-state index in [0.29, 0.717) is 34.4 Å². The Morgan fingerprint density at radius 3 is 2.43 bits per heavy atom. The molecule has 1 saturated heterocycles. The van der Waals surface area contributed by atoms with Crippen molar-refractivity contribution in [1.29, 1.82) is 0 Å². The van der Waals surface area contributed by atoms with E-state index in [4.69, 9.17) is 4.74 Å². The Morgan fingerprint density at radius 1 is 0.946 bits per heavy atom. The molecule has 37 heavy (non-hydrogen) atoms. The van der Waals surface area contributed by atoms with Crippen LogP contribution in [-0.2, 0) is 19.2 Å². The van der Waals surface area contributed by atoms with Crippen molar-refractivity contribution in [2.75, 3.05) is 12.0 Å². The highest BCUT2D eigenvalue weighted by molar-refractivity contribution is 6.25. The quantitative estimate of drug-likeness (QED) is 0.392. The molecule has 0 unspecified atom stereocenters. The SMILES string of the molecule is COc1cccc([C@H]2C3=CC[C@@H]4C(=O)N(c5ccccc5)C(=O)[C@@H]4[C@@H]3CC3=C2C(=O)C=C(C)C3=O)c1O. The van der Waals surface area contributed by atoms with E-state index in [1.165, 1.54) is 18.1 Å². The molecule has 0 bridgehead atoms. The molecular weight excluding hydrogens is 470 g/mol. The van der Waals surface area contributed by atoms with Gasteiger partial charge in [0.1, 0.15) is 0 Å². The number of allylic oxidation sites excluding steroid dienone is 6. The maximum Gasteiger partial charge on any atom is 0.238 e. The monoisotopic (exact) mass is 495 g/mol. The number of hydrogen-bond acceptors (Lipinski definition) is 6. The number of hydrogen-bond donors (Lipinski definition) is 1. The number of methoxy groups -OCH3 is 1. The molecule has 1 fully saturated rings. The van der Waals surface area contributed by atoms with Crippen LogP contribution in [0, 0.1) is 17.8 Å². The highest BCUT2D eigenvalue weighted by atomic mass is 16.5. The Morgan fingerprint density at radius 2 is 1.70 bits per heavy atom. The van der Waals surface area contributed by atoms with Crippen LogP contribution in [0.3, 0.4) is 0 Å². The molecule has 4 atom stereocenters.